The summed E-state index contributed by atoms with van der Waals surface area (Å²) in [7, 11) is 0. The molecule has 2 heterocycles. The topological polar surface area (TPSA) is 58.6 Å². The van der Waals surface area contributed by atoms with Gasteiger partial charge >= 0.3 is 5.97 Å². The monoisotopic (exact) mass is 199 g/mol. The van der Waals surface area contributed by atoms with Crippen molar-refractivity contribution >= 4 is 5.97 Å². The van der Waals surface area contributed by atoms with Crippen LogP contribution in [0.1, 0.15) is 19.3 Å². The number of rotatable bonds is 2. The molecule has 2 N–H and O–H groups in total. The molecule has 80 valence electrons. The molecule has 0 aromatic heterocycles. The zero-order valence-corrected chi connectivity index (χ0v) is 8.24. The van der Waals surface area contributed by atoms with Crippen molar-refractivity contribution in [3.8, 4) is 0 Å². The van der Waals surface area contributed by atoms with Crippen LogP contribution in [0, 0.1) is 11.8 Å². The molecule has 2 rings (SSSR count). The summed E-state index contributed by atoms with van der Waals surface area (Å²) in [6.45, 7) is 2.46. The van der Waals surface area contributed by atoms with Crippen molar-refractivity contribution < 1.29 is 14.6 Å². The normalized spacial score (nSPS) is 38.4. The summed E-state index contributed by atoms with van der Waals surface area (Å²) in [5.41, 5.74) is 0. The SMILES string of the molecule is O=C(O)C1CCNC(C2CCOC2)C1. The second-order valence-corrected chi connectivity index (χ2v) is 4.24. The van der Waals surface area contributed by atoms with Crippen LogP contribution >= 0.6 is 0 Å². The third-order valence-corrected chi connectivity index (χ3v) is 3.32. The van der Waals surface area contributed by atoms with Gasteiger partial charge in [-0.15, -0.1) is 0 Å². The Hall–Kier alpha value is -0.610. The van der Waals surface area contributed by atoms with Crippen molar-refractivity contribution in [3.63, 3.8) is 0 Å². The van der Waals surface area contributed by atoms with Crippen molar-refractivity contribution in [2.45, 2.75) is 25.3 Å². The fourth-order valence-corrected chi connectivity index (χ4v) is 2.40. The van der Waals surface area contributed by atoms with Gasteiger partial charge in [0.05, 0.1) is 12.5 Å². The number of piperidine rings is 1. The zero-order valence-electron chi connectivity index (χ0n) is 8.24. The average Bonchev–Trinajstić information content (AvgIpc) is 2.71. The number of carbonyl (C=O) groups is 1. The van der Waals surface area contributed by atoms with E-state index >= 15 is 0 Å². The third-order valence-electron chi connectivity index (χ3n) is 3.32. The van der Waals surface area contributed by atoms with Crippen LogP contribution < -0.4 is 5.32 Å². The van der Waals surface area contributed by atoms with E-state index in [1.165, 1.54) is 0 Å². The van der Waals surface area contributed by atoms with Crippen LogP contribution in [0.4, 0.5) is 0 Å². The molecule has 0 amide bonds. The van der Waals surface area contributed by atoms with E-state index in [9.17, 15) is 4.79 Å². The second kappa shape index (κ2) is 4.28. The van der Waals surface area contributed by atoms with Gasteiger partial charge in [-0.3, -0.25) is 4.79 Å². The van der Waals surface area contributed by atoms with Gasteiger partial charge in [-0.05, 0) is 31.7 Å². The molecule has 0 saturated carbocycles. The average molecular weight is 199 g/mol. The van der Waals surface area contributed by atoms with Gasteiger partial charge in [0.2, 0.25) is 0 Å². The molecule has 0 bridgehead atoms. The van der Waals surface area contributed by atoms with Crippen molar-refractivity contribution in [3.05, 3.63) is 0 Å². The van der Waals surface area contributed by atoms with Crippen molar-refractivity contribution in [1.29, 1.82) is 0 Å². The zero-order chi connectivity index (χ0) is 9.97. The lowest BCUT2D eigenvalue weighted by Crippen LogP contribution is -2.45. The van der Waals surface area contributed by atoms with Gasteiger partial charge in [-0.25, -0.2) is 0 Å². The maximum Gasteiger partial charge on any atom is 0.306 e. The fraction of sp³-hybridized carbons (Fsp3) is 0.900. The highest BCUT2D eigenvalue weighted by atomic mass is 16.5. The van der Waals surface area contributed by atoms with Crippen LogP contribution in [-0.2, 0) is 9.53 Å². The first-order chi connectivity index (χ1) is 6.77. The van der Waals surface area contributed by atoms with Crippen LogP contribution in [0.5, 0.6) is 0 Å². The van der Waals surface area contributed by atoms with Gasteiger partial charge < -0.3 is 15.2 Å². The molecule has 4 nitrogen and oxygen atoms in total. The Balaban J connectivity index is 1.89. The maximum atomic E-state index is 10.9. The molecule has 3 unspecified atom stereocenters. The van der Waals surface area contributed by atoms with E-state index < -0.39 is 5.97 Å². The summed E-state index contributed by atoms with van der Waals surface area (Å²) in [5, 5.41) is 12.3. The van der Waals surface area contributed by atoms with E-state index in [0.29, 0.717) is 12.0 Å². The molecule has 2 aliphatic heterocycles. The van der Waals surface area contributed by atoms with Gasteiger partial charge in [0, 0.05) is 12.6 Å². The molecule has 0 aliphatic carbocycles. The molecule has 0 aromatic rings. The summed E-state index contributed by atoms with van der Waals surface area (Å²) < 4.78 is 5.32. The minimum absolute atomic E-state index is 0.151. The van der Waals surface area contributed by atoms with Gasteiger partial charge in [-0.1, -0.05) is 0 Å². The van der Waals surface area contributed by atoms with Crippen molar-refractivity contribution in [2.75, 3.05) is 19.8 Å². The highest BCUT2D eigenvalue weighted by Gasteiger charge is 2.33. The molecule has 0 spiro atoms. The maximum absolute atomic E-state index is 10.9. The van der Waals surface area contributed by atoms with E-state index in [4.69, 9.17) is 9.84 Å². The number of carboxylic acid groups (broad SMARTS) is 1. The van der Waals surface area contributed by atoms with E-state index in [2.05, 4.69) is 5.32 Å². The summed E-state index contributed by atoms with van der Waals surface area (Å²) >= 11 is 0. The largest absolute Gasteiger partial charge is 0.481 e. The number of hydrogen-bond donors (Lipinski definition) is 2. The minimum atomic E-state index is -0.643. The summed E-state index contributed by atoms with van der Waals surface area (Å²) in [6, 6.07) is 0.354. The Kier molecular flexibility index (Phi) is 3.03. The van der Waals surface area contributed by atoms with Crippen LogP contribution in [0.3, 0.4) is 0 Å². The first-order valence-electron chi connectivity index (χ1n) is 5.31. The van der Waals surface area contributed by atoms with E-state index in [1.807, 2.05) is 0 Å². The van der Waals surface area contributed by atoms with Gasteiger partial charge in [0.15, 0.2) is 0 Å². The molecule has 0 radical (unpaired) electrons. The van der Waals surface area contributed by atoms with Crippen LogP contribution in [0.15, 0.2) is 0 Å². The van der Waals surface area contributed by atoms with E-state index in [0.717, 1.165) is 39.0 Å². The lowest BCUT2D eigenvalue weighted by Gasteiger charge is -2.31. The molecule has 2 aliphatic rings. The highest BCUT2D eigenvalue weighted by molar-refractivity contribution is 5.70. The summed E-state index contributed by atoms with van der Waals surface area (Å²) in [5.74, 6) is -0.269. The summed E-state index contributed by atoms with van der Waals surface area (Å²) in [4.78, 5) is 10.9. The third kappa shape index (κ3) is 2.07. The van der Waals surface area contributed by atoms with Crippen LogP contribution in [-0.4, -0.2) is 36.9 Å². The van der Waals surface area contributed by atoms with E-state index in [-0.39, 0.29) is 5.92 Å². The molecule has 4 heteroatoms. The molecule has 3 atom stereocenters. The molecule has 0 aromatic carbocycles. The fourth-order valence-electron chi connectivity index (χ4n) is 2.40. The van der Waals surface area contributed by atoms with Gasteiger partial charge in [-0.2, -0.15) is 0 Å². The molecular formula is C10H17NO3. The Morgan fingerprint density at radius 2 is 2.29 bits per heavy atom. The van der Waals surface area contributed by atoms with Crippen LogP contribution in [0.2, 0.25) is 0 Å². The predicted octanol–water partition coefficient (Wildman–Crippen LogP) is 0.476. The van der Waals surface area contributed by atoms with Gasteiger partial charge in [0.1, 0.15) is 0 Å². The first-order valence-corrected chi connectivity index (χ1v) is 5.31. The first kappa shape index (κ1) is 9.93. The Bertz CT molecular complexity index is 213. The number of hydrogen-bond acceptors (Lipinski definition) is 3. The van der Waals surface area contributed by atoms with Crippen LogP contribution in [0.25, 0.3) is 0 Å². The van der Waals surface area contributed by atoms with Crippen molar-refractivity contribution in [1.82, 2.24) is 5.32 Å². The quantitative estimate of drug-likeness (QED) is 0.679. The number of carboxylic acids is 1. The highest BCUT2D eigenvalue weighted by Crippen LogP contribution is 2.26. The smallest absolute Gasteiger partial charge is 0.306 e. The lowest BCUT2D eigenvalue weighted by atomic mass is 9.85. The molecule has 2 fully saturated rings. The molecular weight excluding hydrogens is 182 g/mol. The predicted molar refractivity (Wildman–Crippen MR) is 51.1 cm³/mol. The Morgan fingerprint density at radius 3 is 2.93 bits per heavy atom. The summed E-state index contributed by atoms with van der Waals surface area (Å²) in [6.07, 6.45) is 2.60. The second-order valence-electron chi connectivity index (χ2n) is 4.24. The Labute approximate surface area is 83.6 Å². The number of aliphatic carboxylic acids is 1. The van der Waals surface area contributed by atoms with Crippen molar-refractivity contribution in [2.24, 2.45) is 11.8 Å². The van der Waals surface area contributed by atoms with Gasteiger partial charge in [0.25, 0.3) is 0 Å². The lowest BCUT2D eigenvalue weighted by molar-refractivity contribution is -0.143. The standard InChI is InChI=1S/C10H17NO3/c12-10(13)7-1-3-11-9(5-7)8-2-4-14-6-8/h7-9,11H,1-6H2,(H,12,13). The Morgan fingerprint density at radius 1 is 1.43 bits per heavy atom. The molecule has 2 saturated heterocycles. The minimum Gasteiger partial charge on any atom is -0.481 e. The molecule has 14 heavy (non-hydrogen) atoms. The van der Waals surface area contributed by atoms with E-state index in [1.54, 1.807) is 0 Å². The number of ether oxygens (including phenoxy) is 1. The number of nitrogens with one attached hydrogen (secondary N) is 1.